The van der Waals surface area contributed by atoms with E-state index >= 15 is 0 Å². The number of nitrogens with zero attached hydrogens (tertiary/aromatic N) is 5. The van der Waals surface area contributed by atoms with Gasteiger partial charge >= 0.3 is 0 Å². The highest BCUT2D eigenvalue weighted by molar-refractivity contribution is 5.57. The zero-order chi connectivity index (χ0) is 18.7. The van der Waals surface area contributed by atoms with Gasteiger partial charge in [0.05, 0.1) is 0 Å². The summed E-state index contributed by atoms with van der Waals surface area (Å²) in [5.74, 6) is 1.90. The fourth-order valence-corrected chi connectivity index (χ4v) is 3.61. The molecule has 0 atom stereocenters. The highest BCUT2D eigenvalue weighted by Gasteiger charge is 2.21. The molecule has 1 aliphatic rings. The summed E-state index contributed by atoms with van der Waals surface area (Å²) in [7, 11) is 0. The minimum Gasteiger partial charge on any atom is -0.368 e. The lowest BCUT2D eigenvalue weighted by Crippen LogP contribution is -2.47. The molecule has 1 aromatic heterocycles. The van der Waals surface area contributed by atoms with E-state index in [0.29, 0.717) is 0 Å². The highest BCUT2D eigenvalue weighted by Crippen LogP contribution is 2.25. The first-order valence-corrected chi connectivity index (χ1v) is 9.70. The molecular formula is C21H31N5. The Balaban J connectivity index is 1.75. The first kappa shape index (κ1) is 18.5. The predicted molar refractivity (Wildman–Crippen MR) is 111 cm³/mol. The van der Waals surface area contributed by atoms with Crippen LogP contribution < -0.4 is 14.7 Å². The zero-order valence-electron chi connectivity index (χ0n) is 16.8. The Morgan fingerprint density at radius 1 is 0.923 bits per heavy atom. The van der Waals surface area contributed by atoms with Gasteiger partial charge in [-0.1, -0.05) is 12.1 Å². The fraction of sp³-hybridized carbons (Fsp3) is 0.524. The van der Waals surface area contributed by atoms with E-state index < -0.39 is 0 Å². The summed E-state index contributed by atoms with van der Waals surface area (Å²) in [5, 5.41) is 0. The summed E-state index contributed by atoms with van der Waals surface area (Å²) < 4.78 is 0. The Kier molecular flexibility index (Phi) is 5.64. The van der Waals surface area contributed by atoms with Gasteiger partial charge in [0.1, 0.15) is 5.82 Å². The van der Waals surface area contributed by atoms with E-state index in [1.54, 1.807) is 0 Å². The second kappa shape index (κ2) is 7.94. The third-order valence-corrected chi connectivity index (χ3v) is 5.40. The van der Waals surface area contributed by atoms with Crippen molar-refractivity contribution in [3.8, 4) is 0 Å². The van der Waals surface area contributed by atoms with E-state index in [1.165, 1.54) is 16.8 Å². The third-order valence-electron chi connectivity index (χ3n) is 5.40. The molecule has 0 amide bonds. The molecule has 0 spiro atoms. The number of hydrogen-bond acceptors (Lipinski definition) is 5. The zero-order valence-corrected chi connectivity index (χ0v) is 16.8. The summed E-state index contributed by atoms with van der Waals surface area (Å²) in [6, 6.07) is 8.66. The van der Waals surface area contributed by atoms with Crippen LogP contribution in [0.15, 0.2) is 24.3 Å². The quantitative estimate of drug-likeness (QED) is 0.821. The molecule has 0 N–H and O–H groups in total. The molecule has 5 nitrogen and oxygen atoms in total. The fourth-order valence-electron chi connectivity index (χ4n) is 3.61. The first-order valence-electron chi connectivity index (χ1n) is 9.70. The second-order valence-electron chi connectivity index (χ2n) is 7.03. The van der Waals surface area contributed by atoms with Crippen LogP contribution >= 0.6 is 0 Å². The van der Waals surface area contributed by atoms with Gasteiger partial charge in [-0.05, 0) is 51.8 Å². The van der Waals surface area contributed by atoms with Crippen molar-refractivity contribution in [2.24, 2.45) is 0 Å². The lowest BCUT2D eigenvalue weighted by molar-refractivity contribution is 0.637. The van der Waals surface area contributed by atoms with Crippen LogP contribution in [0.5, 0.6) is 0 Å². The standard InChI is InChI=1S/C21H31N5/c1-6-24(7-2)20-15-17(4)22-21(23-20)26-13-11-25(12-14-26)19-10-8-9-16(3)18(19)5/h8-10,15H,6-7,11-14H2,1-5H3. The van der Waals surface area contributed by atoms with Gasteiger partial charge < -0.3 is 14.7 Å². The average Bonchev–Trinajstić information content (AvgIpc) is 2.65. The second-order valence-corrected chi connectivity index (χ2v) is 7.03. The maximum absolute atomic E-state index is 4.85. The molecule has 5 heteroatoms. The molecule has 1 fully saturated rings. The van der Waals surface area contributed by atoms with E-state index in [2.05, 4.69) is 73.6 Å². The topological polar surface area (TPSA) is 35.5 Å². The van der Waals surface area contributed by atoms with E-state index in [1.807, 2.05) is 0 Å². The summed E-state index contributed by atoms with van der Waals surface area (Å²) in [6.07, 6.45) is 0. The molecule has 0 bridgehead atoms. The van der Waals surface area contributed by atoms with Gasteiger partial charge in [0.25, 0.3) is 0 Å². The molecule has 26 heavy (non-hydrogen) atoms. The van der Waals surface area contributed by atoms with Crippen LogP contribution in [0.4, 0.5) is 17.5 Å². The maximum Gasteiger partial charge on any atom is 0.227 e. The Morgan fingerprint density at radius 2 is 1.58 bits per heavy atom. The largest absolute Gasteiger partial charge is 0.368 e. The summed E-state index contributed by atoms with van der Waals surface area (Å²) in [4.78, 5) is 16.6. The molecule has 0 unspecified atom stereocenters. The van der Waals surface area contributed by atoms with Crippen molar-refractivity contribution in [1.82, 2.24) is 9.97 Å². The van der Waals surface area contributed by atoms with E-state index in [4.69, 9.17) is 9.97 Å². The van der Waals surface area contributed by atoms with Crippen LogP contribution in [0.25, 0.3) is 0 Å². The number of rotatable bonds is 5. The van der Waals surface area contributed by atoms with Crippen molar-refractivity contribution in [2.75, 3.05) is 54.0 Å². The van der Waals surface area contributed by atoms with Crippen molar-refractivity contribution < 1.29 is 0 Å². The number of benzene rings is 1. The van der Waals surface area contributed by atoms with Gasteiger partial charge in [-0.25, -0.2) is 4.98 Å². The third kappa shape index (κ3) is 3.76. The molecule has 2 aromatic rings. The lowest BCUT2D eigenvalue weighted by atomic mass is 10.1. The molecule has 0 saturated carbocycles. The Bertz CT molecular complexity index is 746. The number of aromatic nitrogens is 2. The molecule has 3 rings (SSSR count). The number of anilines is 3. The van der Waals surface area contributed by atoms with Crippen LogP contribution in [-0.4, -0.2) is 49.2 Å². The van der Waals surface area contributed by atoms with Gasteiger partial charge in [0.15, 0.2) is 0 Å². The van der Waals surface area contributed by atoms with Crippen LogP contribution in [-0.2, 0) is 0 Å². The van der Waals surface area contributed by atoms with Crippen molar-refractivity contribution in [1.29, 1.82) is 0 Å². The van der Waals surface area contributed by atoms with E-state index in [9.17, 15) is 0 Å². The SMILES string of the molecule is CCN(CC)c1cc(C)nc(N2CCN(c3cccc(C)c3C)CC2)n1. The van der Waals surface area contributed by atoms with Crippen LogP contribution in [0, 0.1) is 20.8 Å². The molecule has 140 valence electrons. The van der Waals surface area contributed by atoms with Gasteiger partial charge in [0, 0.05) is 56.7 Å². The minimum absolute atomic E-state index is 0.868. The Labute approximate surface area is 157 Å². The van der Waals surface area contributed by atoms with E-state index in [0.717, 1.165) is 56.7 Å². The van der Waals surface area contributed by atoms with Crippen LogP contribution in [0.2, 0.25) is 0 Å². The molecule has 1 aromatic carbocycles. The molecule has 1 saturated heterocycles. The van der Waals surface area contributed by atoms with Gasteiger partial charge in [-0.3, -0.25) is 0 Å². The monoisotopic (exact) mass is 353 g/mol. The number of piperazine rings is 1. The molecular weight excluding hydrogens is 322 g/mol. The van der Waals surface area contributed by atoms with Crippen molar-refractivity contribution in [3.05, 3.63) is 41.1 Å². The molecule has 2 heterocycles. The number of hydrogen-bond donors (Lipinski definition) is 0. The predicted octanol–water partition coefficient (Wildman–Crippen LogP) is 3.57. The minimum atomic E-state index is 0.868. The molecule has 0 aliphatic carbocycles. The summed E-state index contributed by atoms with van der Waals surface area (Å²) >= 11 is 0. The molecule has 0 radical (unpaired) electrons. The highest BCUT2D eigenvalue weighted by atomic mass is 15.3. The van der Waals surface area contributed by atoms with Gasteiger partial charge in [-0.2, -0.15) is 4.98 Å². The first-order chi connectivity index (χ1) is 12.5. The lowest BCUT2D eigenvalue weighted by Gasteiger charge is -2.37. The van der Waals surface area contributed by atoms with Crippen LogP contribution in [0.3, 0.4) is 0 Å². The van der Waals surface area contributed by atoms with Crippen LogP contribution in [0.1, 0.15) is 30.7 Å². The van der Waals surface area contributed by atoms with Gasteiger partial charge in [-0.15, -0.1) is 0 Å². The summed E-state index contributed by atoms with van der Waals surface area (Å²) in [5.41, 5.74) is 5.14. The smallest absolute Gasteiger partial charge is 0.227 e. The van der Waals surface area contributed by atoms with Crippen molar-refractivity contribution >= 4 is 17.5 Å². The van der Waals surface area contributed by atoms with Gasteiger partial charge in [0.2, 0.25) is 5.95 Å². The number of aryl methyl sites for hydroxylation is 2. The normalized spacial score (nSPS) is 14.7. The average molecular weight is 354 g/mol. The molecule has 1 aliphatic heterocycles. The van der Waals surface area contributed by atoms with Crippen molar-refractivity contribution in [3.63, 3.8) is 0 Å². The maximum atomic E-state index is 4.85. The van der Waals surface area contributed by atoms with Crippen molar-refractivity contribution in [2.45, 2.75) is 34.6 Å². The van der Waals surface area contributed by atoms with E-state index in [-0.39, 0.29) is 0 Å². The Morgan fingerprint density at radius 3 is 2.23 bits per heavy atom. The summed E-state index contributed by atoms with van der Waals surface area (Å²) in [6.45, 7) is 16.6. The Hall–Kier alpha value is -2.30.